The van der Waals surface area contributed by atoms with Crippen molar-refractivity contribution in [2.45, 2.75) is 19.3 Å². The highest BCUT2D eigenvalue weighted by atomic mass is 16.3. The zero-order valence-electron chi connectivity index (χ0n) is 30.7. The Morgan fingerprint density at radius 1 is 0.464 bits per heavy atom. The van der Waals surface area contributed by atoms with Crippen LogP contribution in [0.1, 0.15) is 25.0 Å². The zero-order valence-corrected chi connectivity index (χ0v) is 30.7. The number of fused-ring (bicyclic) bond motifs is 13. The van der Waals surface area contributed by atoms with Crippen molar-refractivity contribution in [3.05, 3.63) is 169 Å². The summed E-state index contributed by atoms with van der Waals surface area (Å²) in [5.41, 5.74) is 16.4. The molecule has 0 atom stereocenters. The number of hydrogen-bond acceptors (Lipinski definition) is 5. The third-order valence-electron chi connectivity index (χ3n) is 11.9. The lowest BCUT2D eigenvalue weighted by Crippen LogP contribution is -2.15. The molecular formula is C51H32N4O. The Labute approximate surface area is 322 Å². The summed E-state index contributed by atoms with van der Waals surface area (Å²) in [6.45, 7) is 4.66. The molecule has 5 nitrogen and oxygen atoms in total. The maximum Gasteiger partial charge on any atom is 0.144 e. The van der Waals surface area contributed by atoms with Crippen molar-refractivity contribution in [1.82, 2.24) is 19.9 Å². The minimum Gasteiger partial charge on any atom is -0.455 e. The Bertz CT molecular complexity index is 3450. The second kappa shape index (κ2) is 11.4. The van der Waals surface area contributed by atoms with Crippen molar-refractivity contribution in [3.8, 4) is 44.8 Å². The van der Waals surface area contributed by atoms with E-state index in [4.69, 9.17) is 19.4 Å². The van der Waals surface area contributed by atoms with Gasteiger partial charge in [0.1, 0.15) is 11.2 Å². The molecule has 5 heterocycles. The van der Waals surface area contributed by atoms with Gasteiger partial charge in [-0.1, -0.05) is 117 Å². The second-order valence-corrected chi connectivity index (χ2v) is 15.4. The molecule has 0 saturated carbocycles. The van der Waals surface area contributed by atoms with Crippen LogP contribution in [0.2, 0.25) is 0 Å². The predicted molar refractivity (Wildman–Crippen MR) is 229 cm³/mol. The van der Waals surface area contributed by atoms with E-state index in [1.165, 1.54) is 22.3 Å². The molecular weight excluding hydrogens is 685 g/mol. The summed E-state index contributed by atoms with van der Waals surface area (Å²) >= 11 is 0. The van der Waals surface area contributed by atoms with Gasteiger partial charge in [-0.25, -0.2) is 9.97 Å². The van der Waals surface area contributed by atoms with Gasteiger partial charge < -0.3 is 4.42 Å². The summed E-state index contributed by atoms with van der Waals surface area (Å²) in [6, 6.07) is 51.5. The fraction of sp³-hybridized carbons (Fsp3) is 0.0588. The molecule has 0 spiro atoms. The number of nitrogens with zero attached hydrogens (tertiary/aromatic N) is 4. The zero-order chi connectivity index (χ0) is 37.1. The van der Waals surface area contributed by atoms with E-state index >= 15 is 0 Å². The molecule has 56 heavy (non-hydrogen) atoms. The highest BCUT2D eigenvalue weighted by Crippen LogP contribution is 2.55. The van der Waals surface area contributed by atoms with Crippen LogP contribution in [-0.4, -0.2) is 19.9 Å². The summed E-state index contributed by atoms with van der Waals surface area (Å²) in [6.07, 6.45) is 3.68. The minimum atomic E-state index is -0.292. The van der Waals surface area contributed by atoms with Gasteiger partial charge in [-0.3, -0.25) is 9.97 Å². The molecule has 0 radical (unpaired) electrons. The van der Waals surface area contributed by atoms with Gasteiger partial charge in [-0.05, 0) is 70.3 Å². The van der Waals surface area contributed by atoms with Gasteiger partial charge in [0.05, 0.1) is 33.5 Å². The van der Waals surface area contributed by atoms with Crippen LogP contribution >= 0.6 is 0 Å². The Kier molecular flexibility index (Phi) is 6.33. The van der Waals surface area contributed by atoms with Gasteiger partial charge in [0, 0.05) is 66.8 Å². The topological polar surface area (TPSA) is 64.7 Å². The first kappa shape index (κ1) is 31.1. The number of aromatic nitrogens is 4. The quantitative estimate of drug-likeness (QED) is 0.170. The maximum atomic E-state index is 6.85. The van der Waals surface area contributed by atoms with Crippen LogP contribution in [-0.2, 0) is 5.41 Å². The van der Waals surface area contributed by atoms with E-state index in [0.717, 1.165) is 99.2 Å². The van der Waals surface area contributed by atoms with Crippen molar-refractivity contribution in [1.29, 1.82) is 0 Å². The van der Waals surface area contributed by atoms with E-state index in [2.05, 4.69) is 146 Å². The van der Waals surface area contributed by atoms with Gasteiger partial charge in [0.15, 0.2) is 0 Å². The monoisotopic (exact) mass is 716 g/mol. The average Bonchev–Trinajstić information content (AvgIpc) is 3.75. The van der Waals surface area contributed by atoms with Crippen LogP contribution in [0.5, 0.6) is 0 Å². The normalized spacial score (nSPS) is 13.3. The van der Waals surface area contributed by atoms with E-state index in [-0.39, 0.29) is 5.41 Å². The van der Waals surface area contributed by atoms with Crippen LogP contribution in [0.25, 0.3) is 110 Å². The highest BCUT2D eigenvalue weighted by Gasteiger charge is 2.39. The van der Waals surface area contributed by atoms with E-state index in [0.29, 0.717) is 0 Å². The Morgan fingerprint density at radius 2 is 1.04 bits per heavy atom. The van der Waals surface area contributed by atoms with E-state index in [1.807, 2.05) is 30.6 Å². The van der Waals surface area contributed by atoms with Gasteiger partial charge >= 0.3 is 0 Å². The number of benzene rings is 6. The minimum absolute atomic E-state index is 0.292. The van der Waals surface area contributed by atoms with Crippen LogP contribution in [0, 0.1) is 0 Å². The molecule has 0 fully saturated rings. The molecule has 0 bridgehead atoms. The van der Waals surface area contributed by atoms with Crippen LogP contribution in [0.3, 0.4) is 0 Å². The first-order valence-electron chi connectivity index (χ1n) is 19.0. The van der Waals surface area contributed by atoms with E-state index in [9.17, 15) is 0 Å². The van der Waals surface area contributed by atoms with Crippen molar-refractivity contribution >= 4 is 65.6 Å². The van der Waals surface area contributed by atoms with Crippen molar-refractivity contribution in [3.63, 3.8) is 0 Å². The van der Waals surface area contributed by atoms with E-state index in [1.54, 1.807) is 0 Å². The van der Waals surface area contributed by atoms with Crippen LogP contribution in [0.15, 0.2) is 162 Å². The molecule has 262 valence electrons. The van der Waals surface area contributed by atoms with Gasteiger partial charge in [0.25, 0.3) is 0 Å². The molecule has 1 aliphatic rings. The molecule has 5 heteroatoms. The van der Waals surface area contributed by atoms with Crippen molar-refractivity contribution in [2.24, 2.45) is 0 Å². The van der Waals surface area contributed by atoms with Crippen molar-refractivity contribution in [2.75, 3.05) is 0 Å². The lowest BCUT2D eigenvalue weighted by atomic mass is 9.80. The lowest BCUT2D eigenvalue weighted by Gasteiger charge is -2.23. The lowest BCUT2D eigenvalue weighted by molar-refractivity contribution is 0.653. The molecule has 0 unspecified atom stereocenters. The Balaban J connectivity index is 1.00. The number of pyridine rings is 4. The Hall–Kier alpha value is -7.24. The highest BCUT2D eigenvalue weighted by molar-refractivity contribution is 6.18. The fourth-order valence-corrected chi connectivity index (χ4v) is 9.06. The van der Waals surface area contributed by atoms with Crippen LogP contribution < -0.4 is 0 Å². The van der Waals surface area contributed by atoms with Crippen molar-refractivity contribution < 1.29 is 4.42 Å². The number of para-hydroxylation sites is 1. The smallest absolute Gasteiger partial charge is 0.144 e. The molecule has 0 saturated heterocycles. The number of furan rings is 1. The van der Waals surface area contributed by atoms with Gasteiger partial charge in [-0.15, -0.1) is 0 Å². The molecule has 12 rings (SSSR count). The SMILES string of the molecule is CC1(C)c2cc(-c3ccc4ccc5cccnc5c4n3)ccc2-c2c1cc(-c1ccc(-c3ccc4ccc5cccnc5c4n3)cc1)c1c2oc2ccccc21. The first-order valence-corrected chi connectivity index (χ1v) is 19.0. The largest absolute Gasteiger partial charge is 0.455 e. The second-order valence-electron chi connectivity index (χ2n) is 15.4. The summed E-state index contributed by atoms with van der Waals surface area (Å²) < 4.78 is 6.85. The molecule has 11 aromatic rings. The molecule has 1 aliphatic carbocycles. The molecule has 0 aliphatic heterocycles. The molecule has 6 aromatic carbocycles. The first-order chi connectivity index (χ1) is 27.5. The summed E-state index contributed by atoms with van der Waals surface area (Å²) in [7, 11) is 0. The maximum absolute atomic E-state index is 6.85. The third-order valence-corrected chi connectivity index (χ3v) is 11.9. The summed E-state index contributed by atoms with van der Waals surface area (Å²) in [5, 5.41) is 6.60. The predicted octanol–water partition coefficient (Wildman–Crippen LogP) is 13.1. The molecule has 0 amide bonds. The molecule has 0 N–H and O–H groups in total. The van der Waals surface area contributed by atoms with E-state index < -0.39 is 0 Å². The standard InChI is InChI=1S/C51H32N4O/c1-51(2)39-27-35(42-24-21-34-18-16-32-8-6-26-53-47(32)49(34)55-42)19-22-36(39)45-40(51)28-38(44-37-9-3-4-10-43(37)56-50(44)45)29-11-13-30(14-12-29)41-23-20-33-17-15-31-7-5-25-52-46(31)48(33)54-41/h3-28H,1-2H3. The molecule has 5 aromatic heterocycles. The summed E-state index contributed by atoms with van der Waals surface area (Å²) in [4.78, 5) is 19.7. The van der Waals surface area contributed by atoms with Gasteiger partial charge in [0.2, 0.25) is 0 Å². The van der Waals surface area contributed by atoms with Crippen LogP contribution in [0.4, 0.5) is 0 Å². The van der Waals surface area contributed by atoms with Gasteiger partial charge in [-0.2, -0.15) is 0 Å². The summed E-state index contributed by atoms with van der Waals surface area (Å²) in [5.74, 6) is 0. The Morgan fingerprint density at radius 3 is 1.71 bits per heavy atom. The fourth-order valence-electron chi connectivity index (χ4n) is 9.06. The average molecular weight is 717 g/mol. The number of hydrogen-bond donors (Lipinski definition) is 0. The third kappa shape index (κ3) is 4.42. The number of rotatable bonds is 3.